The van der Waals surface area contributed by atoms with Gasteiger partial charge in [0.25, 0.3) is 0 Å². The standard InChI is InChI=1S/C43H71NO5/c1-3-5-7-9-11-12-13-14-15-16-17-18-19-20-21-22-23-24-26-28-34-38-43(48)49-40(35-31-27-25-10-8-6-4-2)36-32-29-30-33-37-41(45)44-39-42(46)47/h5,7,11-12,14-15,17-18,20-21,31,35,40H,3-4,6,8-10,13,16,19,22-30,32-34,36-39H2,1-2H3,(H,44,45)(H,46,47)/b7-5-,12-11-,15-14-,18-17-,21-20-,35-31-. The number of nitrogens with one attached hydrogen (secondary N) is 1. The maximum atomic E-state index is 12.6. The molecule has 0 aliphatic heterocycles. The Hall–Kier alpha value is -3.15. The molecule has 2 N–H and O–H groups in total. The van der Waals surface area contributed by atoms with Crippen LogP contribution in [0.1, 0.15) is 168 Å². The molecule has 0 rings (SSSR count). The maximum Gasteiger partial charge on any atom is 0.322 e. The first-order valence-electron chi connectivity index (χ1n) is 19.6. The minimum Gasteiger partial charge on any atom is -0.480 e. The Bertz CT molecular complexity index is 975. The van der Waals surface area contributed by atoms with E-state index in [1.54, 1.807) is 0 Å². The summed E-state index contributed by atoms with van der Waals surface area (Å²) in [5.41, 5.74) is 0. The van der Waals surface area contributed by atoms with E-state index in [1.807, 2.05) is 0 Å². The molecule has 6 heteroatoms. The molecule has 0 aromatic rings. The molecule has 0 aromatic carbocycles. The minimum absolute atomic E-state index is 0.105. The summed E-state index contributed by atoms with van der Waals surface area (Å²) >= 11 is 0. The molecule has 0 radical (unpaired) electrons. The molecule has 0 spiro atoms. The Morgan fingerprint density at radius 2 is 1.06 bits per heavy atom. The summed E-state index contributed by atoms with van der Waals surface area (Å²) in [6, 6.07) is 0. The lowest BCUT2D eigenvalue weighted by atomic mass is 10.1. The van der Waals surface area contributed by atoms with Crippen LogP contribution in [0.2, 0.25) is 0 Å². The molecule has 1 amide bonds. The Kier molecular flexibility index (Phi) is 35.2. The fourth-order valence-corrected chi connectivity index (χ4v) is 5.21. The van der Waals surface area contributed by atoms with E-state index in [4.69, 9.17) is 9.84 Å². The third-order valence-corrected chi connectivity index (χ3v) is 8.10. The Morgan fingerprint density at radius 3 is 1.65 bits per heavy atom. The second-order valence-corrected chi connectivity index (χ2v) is 12.8. The molecule has 1 atom stereocenters. The molecule has 0 aromatic heterocycles. The van der Waals surface area contributed by atoms with Crippen molar-refractivity contribution in [1.29, 1.82) is 0 Å². The molecular formula is C43H71NO5. The highest BCUT2D eigenvalue weighted by atomic mass is 16.5. The molecule has 1 unspecified atom stereocenters. The molecule has 0 heterocycles. The van der Waals surface area contributed by atoms with Crippen molar-refractivity contribution in [3.05, 3.63) is 72.9 Å². The van der Waals surface area contributed by atoms with Crippen molar-refractivity contribution in [1.82, 2.24) is 5.32 Å². The van der Waals surface area contributed by atoms with E-state index in [0.717, 1.165) is 96.3 Å². The zero-order chi connectivity index (χ0) is 35.9. The van der Waals surface area contributed by atoms with Gasteiger partial charge in [-0.05, 0) is 89.5 Å². The van der Waals surface area contributed by atoms with Crippen molar-refractivity contribution < 1.29 is 24.2 Å². The zero-order valence-electron chi connectivity index (χ0n) is 31.3. The van der Waals surface area contributed by atoms with Crippen LogP contribution >= 0.6 is 0 Å². The molecule has 0 saturated carbocycles. The number of carbonyl (C=O) groups is 3. The van der Waals surface area contributed by atoms with Crippen molar-refractivity contribution in [2.45, 2.75) is 174 Å². The Morgan fingerprint density at radius 1 is 0.571 bits per heavy atom. The smallest absolute Gasteiger partial charge is 0.322 e. The summed E-state index contributed by atoms with van der Waals surface area (Å²) in [4.78, 5) is 34.8. The number of hydrogen-bond donors (Lipinski definition) is 2. The zero-order valence-corrected chi connectivity index (χ0v) is 31.3. The highest BCUT2D eigenvalue weighted by Gasteiger charge is 2.12. The van der Waals surface area contributed by atoms with Gasteiger partial charge in [-0.1, -0.05) is 138 Å². The largest absolute Gasteiger partial charge is 0.480 e. The lowest BCUT2D eigenvalue weighted by Crippen LogP contribution is -2.28. The van der Waals surface area contributed by atoms with Crippen LogP contribution < -0.4 is 5.32 Å². The summed E-state index contributed by atoms with van der Waals surface area (Å²) in [6.45, 7) is 4.05. The van der Waals surface area contributed by atoms with Crippen LogP contribution in [0.3, 0.4) is 0 Å². The number of carboxylic acid groups (broad SMARTS) is 1. The van der Waals surface area contributed by atoms with Gasteiger partial charge >= 0.3 is 11.9 Å². The van der Waals surface area contributed by atoms with Crippen molar-refractivity contribution >= 4 is 17.8 Å². The molecule has 0 aliphatic rings. The van der Waals surface area contributed by atoms with Crippen LogP contribution in [-0.2, 0) is 19.1 Å². The summed E-state index contributed by atoms with van der Waals surface area (Å²) in [6.07, 6.45) is 50.4. The molecule has 0 bridgehead atoms. The average molecular weight is 682 g/mol. The number of carbonyl (C=O) groups excluding carboxylic acids is 2. The van der Waals surface area contributed by atoms with Crippen molar-refractivity contribution in [3.8, 4) is 0 Å². The van der Waals surface area contributed by atoms with Gasteiger partial charge in [0.1, 0.15) is 12.6 Å². The third-order valence-electron chi connectivity index (χ3n) is 8.10. The van der Waals surface area contributed by atoms with Crippen LogP contribution in [0, 0.1) is 0 Å². The number of carboxylic acids is 1. The first kappa shape index (κ1) is 45.9. The van der Waals surface area contributed by atoms with E-state index < -0.39 is 5.97 Å². The summed E-state index contributed by atoms with van der Waals surface area (Å²) in [7, 11) is 0. The average Bonchev–Trinajstić information content (AvgIpc) is 3.08. The highest BCUT2D eigenvalue weighted by molar-refractivity contribution is 5.80. The predicted octanol–water partition coefficient (Wildman–Crippen LogP) is 11.8. The number of ether oxygens (including phenoxy) is 1. The SMILES string of the molecule is CC/C=C\C/C=C\C/C=C\C/C=C\C/C=C\CCCCCCCC(=O)OC(/C=C\CCCCCCC)CCCCCCC(=O)NCC(=O)O. The number of aliphatic carboxylic acids is 1. The summed E-state index contributed by atoms with van der Waals surface area (Å²) in [5, 5.41) is 11.1. The number of amides is 1. The van der Waals surface area contributed by atoms with E-state index in [0.29, 0.717) is 12.8 Å². The van der Waals surface area contributed by atoms with E-state index in [2.05, 4.69) is 92.1 Å². The third kappa shape index (κ3) is 37.5. The lowest BCUT2D eigenvalue weighted by molar-refractivity contribution is -0.147. The molecule has 0 aliphatic carbocycles. The van der Waals surface area contributed by atoms with Gasteiger partial charge in [0.15, 0.2) is 0 Å². The number of esters is 1. The normalized spacial score (nSPS) is 12.9. The predicted molar refractivity (Wildman–Crippen MR) is 208 cm³/mol. The molecule has 6 nitrogen and oxygen atoms in total. The Balaban J connectivity index is 4.10. The van der Waals surface area contributed by atoms with Gasteiger partial charge in [-0.25, -0.2) is 0 Å². The van der Waals surface area contributed by atoms with Crippen molar-refractivity contribution in [3.63, 3.8) is 0 Å². The molecule has 278 valence electrons. The topological polar surface area (TPSA) is 92.7 Å². The van der Waals surface area contributed by atoms with Gasteiger partial charge in [0.05, 0.1) is 0 Å². The van der Waals surface area contributed by atoms with Crippen LogP contribution in [0.4, 0.5) is 0 Å². The second kappa shape index (κ2) is 37.7. The number of unbranched alkanes of at least 4 members (excludes halogenated alkanes) is 13. The Labute approximate surface area is 300 Å². The molecule has 49 heavy (non-hydrogen) atoms. The fourth-order valence-electron chi connectivity index (χ4n) is 5.21. The van der Waals surface area contributed by atoms with Gasteiger partial charge < -0.3 is 15.2 Å². The number of allylic oxidation sites excluding steroid dienone is 11. The highest BCUT2D eigenvalue weighted by Crippen LogP contribution is 2.15. The minimum atomic E-state index is -1.03. The van der Waals surface area contributed by atoms with Gasteiger partial charge in [-0.2, -0.15) is 0 Å². The first-order chi connectivity index (χ1) is 24.0. The van der Waals surface area contributed by atoms with Gasteiger partial charge in [0.2, 0.25) is 5.91 Å². The van der Waals surface area contributed by atoms with Crippen LogP contribution in [0.15, 0.2) is 72.9 Å². The summed E-state index contributed by atoms with van der Waals surface area (Å²) in [5.74, 6) is -1.36. The lowest BCUT2D eigenvalue weighted by Gasteiger charge is -2.15. The monoisotopic (exact) mass is 682 g/mol. The van der Waals surface area contributed by atoms with Crippen LogP contribution in [0.5, 0.6) is 0 Å². The first-order valence-corrected chi connectivity index (χ1v) is 19.6. The molecule has 0 saturated heterocycles. The van der Waals surface area contributed by atoms with Crippen molar-refractivity contribution in [2.24, 2.45) is 0 Å². The molecule has 0 fully saturated rings. The van der Waals surface area contributed by atoms with Gasteiger partial charge in [-0.3, -0.25) is 14.4 Å². The van der Waals surface area contributed by atoms with Crippen molar-refractivity contribution in [2.75, 3.05) is 6.54 Å². The fraction of sp³-hybridized carbons (Fsp3) is 0.651. The van der Waals surface area contributed by atoms with E-state index in [1.165, 1.54) is 44.9 Å². The molecular weight excluding hydrogens is 610 g/mol. The quantitative estimate of drug-likeness (QED) is 0.0400. The van der Waals surface area contributed by atoms with Crippen LogP contribution in [-0.4, -0.2) is 35.6 Å². The van der Waals surface area contributed by atoms with E-state index in [-0.39, 0.29) is 24.5 Å². The van der Waals surface area contributed by atoms with Gasteiger partial charge in [-0.15, -0.1) is 0 Å². The maximum absolute atomic E-state index is 12.6. The summed E-state index contributed by atoms with van der Waals surface area (Å²) < 4.78 is 5.87. The van der Waals surface area contributed by atoms with E-state index in [9.17, 15) is 14.4 Å². The van der Waals surface area contributed by atoms with E-state index >= 15 is 0 Å². The van der Waals surface area contributed by atoms with Crippen LogP contribution in [0.25, 0.3) is 0 Å². The second-order valence-electron chi connectivity index (χ2n) is 12.8. The number of rotatable bonds is 34. The number of hydrogen-bond acceptors (Lipinski definition) is 4. The van der Waals surface area contributed by atoms with Gasteiger partial charge in [0, 0.05) is 12.8 Å².